The van der Waals surface area contributed by atoms with Crippen LogP contribution in [0.3, 0.4) is 0 Å². The molecule has 0 fully saturated rings. The van der Waals surface area contributed by atoms with Crippen molar-refractivity contribution >= 4 is 21.8 Å². The fourth-order valence-corrected chi connectivity index (χ4v) is 2.51. The Morgan fingerprint density at radius 2 is 2.10 bits per heavy atom. The third-order valence-corrected chi connectivity index (χ3v) is 3.39. The monoisotopic (exact) mass is 331 g/mol. The highest BCUT2D eigenvalue weighted by atomic mass is 79.9. The second-order valence-corrected chi connectivity index (χ2v) is 5.38. The highest BCUT2D eigenvalue weighted by Crippen LogP contribution is 2.16. The van der Waals surface area contributed by atoms with Crippen molar-refractivity contribution in [3.8, 4) is 6.07 Å². The van der Waals surface area contributed by atoms with Gasteiger partial charge in [0, 0.05) is 24.3 Å². The van der Waals surface area contributed by atoms with Crippen molar-refractivity contribution in [1.82, 2.24) is 9.47 Å². The standard InChI is InChI=1S/C15H14BrN3O/c1-18-11-13(16)9-14(18)15(20)19(8-7-17)10-12-5-3-2-4-6-12/h2-6,9,11H,8,10H2,1H3. The number of hydrogen-bond donors (Lipinski definition) is 0. The van der Waals surface area contributed by atoms with Crippen LogP contribution < -0.4 is 0 Å². The topological polar surface area (TPSA) is 49.0 Å². The smallest absolute Gasteiger partial charge is 0.271 e. The first-order chi connectivity index (χ1) is 9.61. The molecule has 0 aliphatic heterocycles. The van der Waals surface area contributed by atoms with Gasteiger partial charge in [-0.3, -0.25) is 4.79 Å². The summed E-state index contributed by atoms with van der Waals surface area (Å²) in [6, 6.07) is 13.5. The lowest BCUT2D eigenvalue weighted by atomic mass is 10.2. The van der Waals surface area contributed by atoms with Crippen LogP contribution in [-0.4, -0.2) is 21.9 Å². The van der Waals surface area contributed by atoms with E-state index in [4.69, 9.17) is 5.26 Å². The summed E-state index contributed by atoms with van der Waals surface area (Å²) >= 11 is 3.35. The minimum absolute atomic E-state index is 0.0660. The summed E-state index contributed by atoms with van der Waals surface area (Å²) in [5.41, 5.74) is 1.56. The molecule has 1 heterocycles. The molecule has 0 saturated carbocycles. The number of nitrogens with zero attached hydrogens (tertiary/aromatic N) is 3. The van der Waals surface area contributed by atoms with Gasteiger partial charge in [0.2, 0.25) is 0 Å². The molecule has 5 heteroatoms. The van der Waals surface area contributed by atoms with E-state index >= 15 is 0 Å². The molecule has 20 heavy (non-hydrogen) atoms. The largest absolute Gasteiger partial charge is 0.345 e. The van der Waals surface area contributed by atoms with Gasteiger partial charge in [0.1, 0.15) is 12.2 Å². The first-order valence-corrected chi connectivity index (χ1v) is 6.93. The molecule has 2 rings (SSSR count). The van der Waals surface area contributed by atoms with E-state index < -0.39 is 0 Å². The Balaban J connectivity index is 2.23. The summed E-state index contributed by atoms with van der Waals surface area (Å²) in [5, 5.41) is 8.93. The zero-order valence-corrected chi connectivity index (χ0v) is 12.7. The van der Waals surface area contributed by atoms with Crippen LogP contribution in [0, 0.1) is 11.3 Å². The minimum Gasteiger partial charge on any atom is -0.345 e. The molecule has 1 aromatic heterocycles. The minimum atomic E-state index is -0.149. The normalized spacial score (nSPS) is 10.1. The average molecular weight is 332 g/mol. The predicted octanol–water partition coefficient (Wildman–Crippen LogP) is 2.95. The lowest BCUT2D eigenvalue weighted by Gasteiger charge is -2.20. The van der Waals surface area contributed by atoms with Crippen LogP contribution in [0.1, 0.15) is 16.1 Å². The summed E-state index contributed by atoms with van der Waals surface area (Å²) < 4.78 is 2.60. The lowest BCUT2D eigenvalue weighted by molar-refractivity contribution is 0.0755. The SMILES string of the molecule is Cn1cc(Br)cc1C(=O)N(CC#N)Cc1ccccc1. The number of rotatable bonds is 4. The Bertz CT molecular complexity index is 643. The van der Waals surface area contributed by atoms with E-state index in [0.29, 0.717) is 12.2 Å². The zero-order chi connectivity index (χ0) is 14.5. The highest BCUT2D eigenvalue weighted by Gasteiger charge is 2.19. The molecule has 1 aromatic carbocycles. The average Bonchev–Trinajstić information content (AvgIpc) is 2.77. The third kappa shape index (κ3) is 3.28. The van der Waals surface area contributed by atoms with Crippen LogP contribution in [0.4, 0.5) is 0 Å². The maximum absolute atomic E-state index is 12.5. The van der Waals surface area contributed by atoms with Crippen molar-refractivity contribution in [2.75, 3.05) is 6.54 Å². The van der Waals surface area contributed by atoms with E-state index in [9.17, 15) is 4.79 Å². The predicted molar refractivity (Wildman–Crippen MR) is 79.9 cm³/mol. The van der Waals surface area contributed by atoms with Crippen LogP contribution in [-0.2, 0) is 13.6 Å². The van der Waals surface area contributed by atoms with Gasteiger partial charge in [0.25, 0.3) is 5.91 Å². The van der Waals surface area contributed by atoms with Crippen molar-refractivity contribution < 1.29 is 4.79 Å². The number of halogens is 1. The lowest BCUT2D eigenvalue weighted by Crippen LogP contribution is -2.32. The molecule has 1 amide bonds. The van der Waals surface area contributed by atoms with Crippen LogP contribution in [0.2, 0.25) is 0 Å². The molecule has 0 atom stereocenters. The van der Waals surface area contributed by atoms with Crippen molar-refractivity contribution in [3.05, 3.63) is 58.3 Å². The highest BCUT2D eigenvalue weighted by molar-refractivity contribution is 9.10. The second kappa shape index (κ2) is 6.40. The van der Waals surface area contributed by atoms with Gasteiger partial charge in [-0.15, -0.1) is 0 Å². The van der Waals surface area contributed by atoms with Crippen LogP contribution in [0.5, 0.6) is 0 Å². The fourth-order valence-electron chi connectivity index (χ4n) is 1.99. The Morgan fingerprint density at radius 1 is 1.40 bits per heavy atom. The van der Waals surface area contributed by atoms with Crippen LogP contribution >= 0.6 is 15.9 Å². The first kappa shape index (κ1) is 14.4. The molecule has 2 aromatic rings. The van der Waals surface area contributed by atoms with Crippen molar-refractivity contribution in [2.24, 2.45) is 7.05 Å². The first-order valence-electron chi connectivity index (χ1n) is 6.14. The molecular formula is C15H14BrN3O. The molecule has 102 valence electrons. The molecule has 0 spiro atoms. The number of hydrogen-bond acceptors (Lipinski definition) is 2. The molecule has 0 unspecified atom stereocenters. The zero-order valence-electron chi connectivity index (χ0n) is 11.1. The van der Waals surface area contributed by atoms with Crippen LogP contribution in [0.15, 0.2) is 47.1 Å². The van der Waals surface area contributed by atoms with Gasteiger partial charge in [0.15, 0.2) is 0 Å². The van der Waals surface area contributed by atoms with E-state index in [1.54, 1.807) is 10.6 Å². The number of aromatic nitrogens is 1. The Hall–Kier alpha value is -2.06. The summed E-state index contributed by atoms with van der Waals surface area (Å²) in [7, 11) is 1.81. The Morgan fingerprint density at radius 3 is 2.65 bits per heavy atom. The van der Waals surface area contributed by atoms with E-state index in [1.807, 2.05) is 49.6 Å². The van der Waals surface area contributed by atoms with Crippen molar-refractivity contribution in [2.45, 2.75) is 6.54 Å². The van der Waals surface area contributed by atoms with E-state index in [1.165, 1.54) is 4.90 Å². The number of benzene rings is 1. The summed E-state index contributed by atoms with van der Waals surface area (Å²) in [5.74, 6) is -0.149. The van der Waals surface area contributed by atoms with E-state index in [2.05, 4.69) is 15.9 Å². The number of carbonyl (C=O) groups is 1. The quantitative estimate of drug-likeness (QED) is 0.808. The van der Waals surface area contributed by atoms with E-state index in [0.717, 1.165) is 10.0 Å². The number of carbonyl (C=O) groups excluding carboxylic acids is 1. The summed E-state index contributed by atoms with van der Waals surface area (Å²) in [6.07, 6.45) is 1.82. The van der Waals surface area contributed by atoms with Gasteiger partial charge in [-0.05, 0) is 27.6 Å². The maximum atomic E-state index is 12.5. The number of amides is 1. The number of aryl methyl sites for hydroxylation is 1. The Kier molecular flexibility index (Phi) is 4.59. The van der Waals surface area contributed by atoms with Gasteiger partial charge >= 0.3 is 0 Å². The van der Waals surface area contributed by atoms with E-state index in [-0.39, 0.29) is 12.5 Å². The third-order valence-electron chi connectivity index (χ3n) is 2.96. The molecule has 0 aliphatic rings. The van der Waals surface area contributed by atoms with Gasteiger partial charge in [-0.2, -0.15) is 5.26 Å². The molecule has 4 nitrogen and oxygen atoms in total. The molecule has 0 saturated heterocycles. The number of nitriles is 1. The molecular weight excluding hydrogens is 318 g/mol. The maximum Gasteiger partial charge on any atom is 0.271 e. The molecule has 0 bridgehead atoms. The Labute approximate surface area is 126 Å². The second-order valence-electron chi connectivity index (χ2n) is 4.46. The molecule has 0 N–H and O–H groups in total. The van der Waals surface area contributed by atoms with Gasteiger partial charge in [-0.25, -0.2) is 0 Å². The van der Waals surface area contributed by atoms with Crippen molar-refractivity contribution in [3.63, 3.8) is 0 Å². The summed E-state index contributed by atoms with van der Waals surface area (Å²) in [6.45, 7) is 0.493. The fraction of sp³-hybridized carbons (Fsp3) is 0.200. The van der Waals surface area contributed by atoms with Crippen LogP contribution in [0.25, 0.3) is 0 Å². The summed E-state index contributed by atoms with van der Waals surface area (Å²) in [4.78, 5) is 14.0. The van der Waals surface area contributed by atoms with Gasteiger partial charge < -0.3 is 9.47 Å². The molecule has 0 aliphatic carbocycles. The van der Waals surface area contributed by atoms with Gasteiger partial charge in [0.05, 0.1) is 6.07 Å². The van der Waals surface area contributed by atoms with Gasteiger partial charge in [-0.1, -0.05) is 30.3 Å². The molecule has 0 radical (unpaired) electrons. The van der Waals surface area contributed by atoms with Crippen molar-refractivity contribution in [1.29, 1.82) is 5.26 Å².